The van der Waals surface area contributed by atoms with Crippen LogP contribution in [0.5, 0.6) is 0 Å². The normalized spacial score (nSPS) is 15.4. The van der Waals surface area contributed by atoms with E-state index >= 15 is 0 Å². The van der Waals surface area contributed by atoms with Gasteiger partial charge in [0.1, 0.15) is 11.6 Å². The average Bonchev–Trinajstić information content (AvgIpc) is 3.09. The Bertz CT molecular complexity index is 738. The van der Waals surface area contributed by atoms with Crippen molar-refractivity contribution in [3.63, 3.8) is 0 Å². The summed E-state index contributed by atoms with van der Waals surface area (Å²) in [5.74, 6) is 1.28. The van der Waals surface area contributed by atoms with Crippen molar-refractivity contribution in [1.29, 1.82) is 5.41 Å². The van der Waals surface area contributed by atoms with Gasteiger partial charge in [-0.3, -0.25) is 5.41 Å². The third kappa shape index (κ3) is 3.83. The Morgan fingerprint density at radius 1 is 1.33 bits per heavy atom. The molecule has 1 fully saturated rings. The number of anilines is 1. The quantitative estimate of drug-likeness (QED) is 0.825. The van der Waals surface area contributed by atoms with E-state index in [1.807, 2.05) is 12.1 Å². The van der Waals surface area contributed by atoms with Crippen LogP contribution in [-0.2, 0) is 4.74 Å². The maximum atomic E-state index is 12.3. The van der Waals surface area contributed by atoms with E-state index in [1.54, 1.807) is 12.4 Å². The molecule has 0 bridgehead atoms. The molecule has 0 radical (unpaired) electrons. The van der Waals surface area contributed by atoms with E-state index < -0.39 is 12.1 Å². The Labute approximate surface area is 137 Å². The number of imidazole rings is 1. The molecule has 3 rings (SSSR count). The first kappa shape index (κ1) is 16.3. The summed E-state index contributed by atoms with van der Waals surface area (Å²) < 4.78 is 29.9. The maximum absolute atomic E-state index is 12.3. The highest BCUT2D eigenvalue weighted by Crippen LogP contribution is 2.22. The topological polar surface area (TPSA) is 77.9 Å². The van der Waals surface area contributed by atoms with Crippen LogP contribution < -0.4 is 4.90 Å². The molecule has 0 saturated carbocycles. The van der Waals surface area contributed by atoms with Gasteiger partial charge in [-0.2, -0.15) is 0 Å². The highest BCUT2D eigenvalue weighted by atomic mass is 19.3. The van der Waals surface area contributed by atoms with Crippen LogP contribution in [0.1, 0.15) is 5.82 Å². The van der Waals surface area contributed by atoms with Crippen molar-refractivity contribution in [1.82, 2.24) is 15.0 Å². The van der Waals surface area contributed by atoms with Gasteiger partial charge in [-0.05, 0) is 24.3 Å². The molecule has 8 heteroatoms. The van der Waals surface area contributed by atoms with Crippen LogP contribution in [0, 0.1) is 5.41 Å². The molecular weight excluding hydrogens is 316 g/mol. The summed E-state index contributed by atoms with van der Waals surface area (Å²) in [6.45, 7) is 2.95. The number of hydrogen-bond donors (Lipinski definition) is 2. The molecule has 6 nitrogen and oxygen atoms in total. The zero-order chi connectivity index (χ0) is 16.9. The second kappa shape index (κ2) is 7.31. The molecular formula is C16H17F2N5O. The number of nitrogens with zero attached hydrogens (tertiary/aromatic N) is 3. The standard InChI is InChI=1S/C16H17F2N5O/c17-16(18)12(19)1-2-14-21-10-13(22-14)11-3-4-20-15(9-11)23-5-7-24-8-6-23/h1-4,9-10,16,19H,5-8H2,(H,21,22)/b2-1-,19-12?. The third-order valence-corrected chi connectivity index (χ3v) is 3.64. The van der Waals surface area contributed by atoms with Gasteiger partial charge in [0, 0.05) is 24.8 Å². The van der Waals surface area contributed by atoms with E-state index in [9.17, 15) is 8.78 Å². The molecule has 0 atom stereocenters. The van der Waals surface area contributed by atoms with Crippen LogP contribution in [0.25, 0.3) is 17.3 Å². The summed E-state index contributed by atoms with van der Waals surface area (Å²) in [6.07, 6.45) is 2.97. The van der Waals surface area contributed by atoms with E-state index in [-0.39, 0.29) is 0 Å². The fourth-order valence-electron chi connectivity index (χ4n) is 2.36. The molecule has 0 amide bonds. The van der Waals surface area contributed by atoms with Crippen LogP contribution in [-0.4, -0.2) is 53.4 Å². The number of morpholine rings is 1. The van der Waals surface area contributed by atoms with Crippen LogP contribution in [0.3, 0.4) is 0 Å². The van der Waals surface area contributed by atoms with Gasteiger partial charge in [0.15, 0.2) is 0 Å². The van der Waals surface area contributed by atoms with Gasteiger partial charge >= 0.3 is 0 Å². The molecule has 2 aromatic heterocycles. The van der Waals surface area contributed by atoms with E-state index in [1.165, 1.54) is 6.08 Å². The maximum Gasteiger partial charge on any atom is 0.279 e. The molecule has 0 spiro atoms. The lowest BCUT2D eigenvalue weighted by Gasteiger charge is -2.27. The SMILES string of the molecule is N=C(/C=C\c1ncc(-c2ccnc(N3CCOCC3)c2)[nH]1)C(F)F. The fraction of sp³-hybridized carbons (Fsp3) is 0.312. The van der Waals surface area contributed by atoms with Crippen molar-refractivity contribution in [3.05, 3.63) is 36.4 Å². The number of aromatic amines is 1. The Balaban J connectivity index is 1.76. The number of hydrogen-bond acceptors (Lipinski definition) is 5. The lowest BCUT2D eigenvalue weighted by atomic mass is 10.2. The van der Waals surface area contributed by atoms with Gasteiger partial charge in [0.25, 0.3) is 6.43 Å². The number of alkyl halides is 2. The first-order valence-corrected chi connectivity index (χ1v) is 7.52. The minimum absolute atomic E-state index is 0.417. The van der Waals surface area contributed by atoms with Crippen molar-refractivity contribution in [2.75, 3.05) is 31.2 Å². The summed E-state index contributed by atoms with van der Waals surface area (Å²) in [6, 6.07) is 3.81. The van der Waals surface area contributed by atoms with Crippen LogP contribution in [0.15, 0.2) is 30.6 Å². The summed E-state index contributed by atoms with van der Waals surface area (Å²) in [5.41, 5.74) is 0.921. The minimum atomic E-state index is -2.79. The summed E-state index contributed by atoms with van der Waals surface area (Å²) in [5, 5.41) is 7.10. The Morgan fingerprint density at radius 2 is 2.12 bits per heavy atom. The molecule has 1 aliphatic rings. The smallest absolute Gasteiger partial charge is 0.279 e. The van der Waals surface area contributed by atoms with Gasteiger partial charge in [-0.25, -0.2) is 18.7 Å². The Kier molecular flexibility index (Phi) is 4.95. The lowest BCUT2D eigenvalue weighted by Crippen LogP contribution is -2.36. The average molecular weight is 333 g/mol. The van der Waals surface area contributed by atoms with Crippen LogP contribution >= 0.6 is 0 Å². The Hall–Kier alpha value is -2.61. The third-order valence-electron chi connectivity index (χ3n) is 3.64. The highest BCUT2D eigenvalue weighted by Gasteiger charge is 2.13. The summed E-state index contributed by atoms with van der Waals surface area (Å²) in [4.78, 5) is 13.7. The predicted molar refractivity (Wildman–Crippen MR) is 87.6 cm³/mol. The first-order chi connectivity index (χ1) is 11.6. The zero-order valence-electron chi connectivity index (χ0n) is 12.9. The molecule has 0 aliphatic carbocycles. The number of halogens is 2. The first-order valence-electron chi connectivity index (χ1n) is 7.52. The molecule has 126 valence electrons. The van der Waals surface area contributed by atoms with Gasteiger partial charge in [0.05, 0.1) is 30.8 Å². The zero-order valence-corrected chi connectivity index (χ0v) is 12.9. The molecule has 2 aromatic rings. The van der Waals surface area contributed by atoms with Gasteiger partial charge < -0.3 is 14.6 Å². The number of nitrogens with one attached hydrogen (secondary N) is 2. The molecule has 0 aromatic carbocycles. The molecule has 3 heterocycles. The van der Waals surface area contributed by atoms with E-state index in [0.717, 1.165) is 36.2 Å². The molecule has 1 aliphatic heterocycles. The van der Waals surface area contributed by atoms with Crippen molar-refractivity contribution >= 4 is 17.6 Å². The van der Waals surface area contributed by atoms with Gasteiger partial charge in [0.2, 0.25) is 0 Å². The summed E-state index contributed by atoms with van der Waals surface area (Å²) >= 11 is 0. The van der Waals surface area contributed by atoms with Crippen LogP contribution in [0.2, 0.25) is 0 Å². The number of aromatic nitrogens is 3. The predicted octanol–water partition coefficient (Wildman–Crippen LogP) is 2.61. The van der Waals surface area contributed by atoms with E-state index in [2.05, 4.69) is 19.9 Å². The molecule has 1 saturated heterocycles. The number of ether oxygens (including phenoxy) is 1. The van der Waals surface area contributed by atoms with E-state index in [4.69, 9.17) is 10.1 Å². The van der Waals surface area contributed by atoms with Gasteiger partial charge in [-0.15, -0.1) is 0 Å². The van der Waals surface area contributed by atoms with Crippen LogP contribution in [0.4, 0.5) is 14.6 Å². The molecule has 24 heavy (non-hydrogen) atoms. The minimum Gasteiger partial charge on any atom is -0.378 e. The van der Waals surface area contributed by atoms with E-state index in [0.29, 0.717) is 19.0 Å². The van der Waals surface area contributed by atoms with Crippen molar-refractivity contribution < 1.29 is 13.5 Å². The Morgan fingerprint density at radius 3 is 2.88 bits per heavy atom. The fourth-order valence-corrected chi connectivity index (χ4v) is 2.36. The summed E-state index contributed by atoms with van der Waals surface area (Å²) in [7, 11) is 0. The number of H-pyrrole nitrogens is 1. The monoisotopic (exact) mass is 333 g/mol. The van der Waals surface area contributed by atoms with Crippen molar-refractivity contribution in [2.45, 2.75) is 6.43 Å². The van der Waals surface area contributed by atoms with Crippen molar-refractivity contribution in [3.8, 4) is 11.3 Å². The second-order valence-corrected chi connectivity index (χ2v) is 5.27. The number of allylic oxidation sites excluding steroid dienone is 1. The molecule has 0 unspecified atom stereocenters. The largest absolute Gasteiger partial charge is 0.378 e. The second-order valence-electron chi connectivity index (χ2n) is 5.27. The number of pyridine rings is 1. The van der Waals surface area contributed by atoms with Crippen molar-refractivity contribution in [2.24, 2.45) is 0 Å². The number of rotatable bonds is 5. The molecule has 2 N–H and O–H groups in total. The van der Waals surface area contributed by atoms with Gasteiger partial charge in [-0.1, -0.05) is 0 Å². The highest BCUT2D eigenvalue weighted by molar-refractivity contribution is 5.97. The lowest BCUT2D eigenvalue weighted by molar-refractivity contribution is 0.122.